The van der Waals surface area contributed by atoms with Crippen molar-refractivity contribution in [1.29, 1.82) is 0 Å². The average molecular weight is 391 g/mol. The fraction of sp³-hybridized carbons (Fsp3) is 0.600. The Balaban J connectivity index is 1.78. The Morgan fingerprint density at radius 3 is 2.81 bits per heavy atom. The number of ether oxygens (including phenoxy) is 1. The van der Waals surface area contributed by atoms with Gasteiger partial charge in [0.05, 0.1) is 23.2 Å². The van der Waals surface area contributed by atoms with Gasteiger partial charge in [0.25, 0.3) is 5.91 Å². The molecule has 0 bridgehead atoms. The molecule has 1 amide bonds. The number of nitrogens with zero attached hydrogens (tertiary/aromatic N) is 3. The summed E-state index contributed by atoms with van der Waals surface area (Å²) in [6.45, 7) is 5.38. The smallest absolute Gasteiger partial charge is 0.252 e. The average Bonchev–Trinajstić information content (AvgIpc) is 3.40. The zero-order valence-corrected chi connectivity index (χ0v) is 16.8. The number of hydrogen-bond acceptors (Lipinski definition) is 4. The number of fused-ring (bicyclic) bond motifs is 1. The van der Waals surface area contributed by atoms with Crippen molar-refractivity contribution in [2.45, 2.75) is 45.1 Å². The fourth-order valence-corrected chi connectivity index (χ4v) is 4.68. The summed E-state index contributed by atoms with van der Waals surface area (Å²) in [5.41, 5.74) is 7.25. The van der Waals surface area contributed by atoms with Crippen molar-refractivity contribution >= 4 is 28.5 Å². The third-order valence-electron chi connectivity index (χ3n) is 5.82. The lowest BCUT2D eigenvalue weighted by atomic mass is 10.1. The minimum absolute atomic E-state index is 0.274. The van der Waals surface area contributed by atoms with Crippen LogP contribution in [0.1, 0.15) is 54.3 Å². The maximum atomic E-state index is 11.8. The number of carbonyl (C=O) groups excluding carboxylic acids is 1. The Morgan fingerprint density at radius 1 is 1.37 bits per heavy atom. The van der Waals surface area contributed by atoms with Crippen LogP contribution in [-0.2, 0) is 0 Å². The second kappa shape index (κ2) is 7.32. The van der Waals surface area contributed by atoms with Crippen molar-refractivity contribution in [3.63, 3.8) is 0 Å². The number of imidazole rings is 1. The molecule has 1 atom stereocenters. The fourth-order valence-electron chi connectivity index (χ4n) is 4.39. The number of hydrogen-bond donors (Lipinski definition) is 1. The van der Waals surface area contributed by atoms with Gasteiger partial charge in [0.2, 0.25) is 0 Å². The van der Waals surface area contributed by atoms with Crippen LogP contribution in [0.4, 0.5) is 0 Å². The predicted molar refractivity (Wildman–Crippen MR) is 107 cm³/mol. The summed E-state index contributed by atoms with van der Waals surface area (Å²) < 4.78 is 7.74. The van der Waals surface area contributed by atoms with Crippen LogP contribution < -0.4 is 10.5 Å². The lowest BCUT2D eigenvalue weighted by Gasteiger charge is -2.26. The molecule has 7 heteroatoms. The summed E-state index contributed by atoms with van der Waals surface area (Å²) in [5.74, 6) is 1.62. The van der Waals surface area contributed by atoms with Gasteiger partial charge in [-0.25, -0.2) is 4.98 Å². The van der Waals surface area contributed by atoms with Crippen molar-refractivity contribution in [3.05, 3.63) is 22.5 Å². The Hall–Kier alpha value is -1.79. The van der Waals surface area contributed by atoms with E-state index in [1.807, 2.05) is 6.92 Å². The summed E-state index contributed by atoms with van der Waals surface area (Å²) >= 11 is 6.61. The van der Waals surface area contributed by atoms with Gasteiger partial charge in [-0.1, -0.05) is 18.0 Å². The van der Waals surface area contributed by atoms with E-state index in [4.69, 9.17) is 27.1 Å². The second-order valence-electron chi connectivity index (χ2n) is 7.88. The van der Waals surface area contributed by atoms with Gasteiger partial charge in [0.15, 0.2) is 5.75 Å². The number of likely N-dealkylation sites (tertiary alicyclic amines) is 1. The van der Waals surface area contributed by atoms with E-state index in [1.165, 1.54) is 45.9 Å². The number of halogens is 1. The lowest BCUT2D eigenvalue weighted by Crippen LogP contribution is -2.31. The van der Waals surface area contributed by atoms with Crippen LogP contribution in [-0.4, -0.2) is 47.1 Å². The van der Waals surface area contributed by atoms with Crippen LogP contribution in [0.15, 0.2) is 6.07 Å². The Morgan fingerprint density at radius 2 is 2.15 bits per heavy atom. The van der Waals surface area contributed by atoms with Gasteiger partial charge in [-0.05, 0) is 51.1 Å². The van der Waals surface area contributed by atoms with Crippen LogP contribution in [0.3, 0.4) is 0 Å². The van der Waals surface area contributed by atoms with Crippen molar-refractivity contribution in [1.82, 2.24) is 14.5 Å². The molecule has 2 aliphatic rings. The SMILES string of the molecule is COc1c(C(N)=O)cc(Cl)c2c1nc(C)n2C1CCCCN(CC2CC2)C1. The van der Waals surface area contributed by atoms with Crippen molar-refractivity contribution in [2.24, 2.45) is 11.7 Å². The number of rotatable bonds is 5. The molecule has 0 radical (unpaired) electrons. The molecule has 146 valence electrons. The van der Waals surface area contributed by atoms with E-state index in [-0.39, 0.29) is 5.56 Å². The zero-order valence-electron chi connectivity index (χ0n) is 16.0. The van der Waals surface area contributed by atoms with Crippen molar-refractivity contribution in [3.8, 4) is 5.75 Å². The van der Waals surface area contributed by atoms with Crippen LogP contribution in [0, 0.1) is 12.8 Å². The summed E-state index contributed by atoms with van der Waals surface area (Å²) in [6.07, 6.45) is 6.26. The maximum Gasteiger partial charge on any atom is 0.252 e. The number of aryl methyl sites for hydroxylation is 1. The van der Waals surface area contributed by atoms with Crippen LogP contribution in [0.2, 0.25) is 5.02 Å². The number of aromatic nitrogens is 2. The molecule has 1 aliphatic heterocycles. The zero-order chi connectivity index (χ0) is 19.1. The van der Waals surface area contributed by atoms with Crippen LogP contribution >= 0.6 is 11.6 Å². The van der Waals surface area contributed by atoms with Gasteiger partial charge in [0, 0.05) is 19.1 Å². The quantitative estimate of drug-likeness (QED) is 0.847. The van der Waals surface area contributed by atoms with Crippen molar-refractivity contribution < 1.29 is 9.53 Å². The highest BCUT2D eigenvalue weighted by molar-refractivity contribution is 6.36. The molecule has 4 rings (SSSR count). The van der Waals surface area contributed by atoms with E-state index in [9.17, 15) is 4.79 Å². The van der Waals surface area contributed by atoms with E-state index >= 15 is 0 Å². The number of benzene rings is 1. The molecule has 1 aromatic carbocycles. The van der Waals surface area contributed by atoms with Gasteiger partial charge < -0.3 is 19.9 Å². The summed E-state index contributed by atoms with van der Waals surface area (Å²) in [7, 11) is 1.53. The molecule has 1 aliphatic carbocycles. The van der Waals surface area contributed by atoms with Crippen LogP contribution in [0.25, 0.3) is 11.0 Å². The third-order valence-corrected chi connectivity index (χ3v) is 6.11. The maximum absolute atomic E-state index is 11.8. The Labute approximate surface area is 164 Å². The number of amides is 1. The first-order valence-corrected chi connectivity index (χ1v) is 10.1. The lowest BCUT2D eigenvalue weighted by molar-refractivity contribution is 0.0997. The topological polar surface area (TPSA) is 73.4 Å². The molecule has 0 spiro atoms. The van der Waals surface area contributed by atoms with E-state index in [0.717, 1.165) is 30.2 Å². The molecule has 1 unspecified atom stereocenters. The summed E-state index contributed by atoms with van der Waals surface area (Å²) in [6, 6.07) is 1.93. The van der Waals surface area contributed by atoms with E-state index in [0.29, 0.717) is 22.3 Å². The van der Waals surface area contributed by atoms with Gasteiger partial charge >= 0.3 is 0 Å². The first-order valence-electron chi connectivity index (χ1n) is 9.76. The molecule has 2 N–H and O–H groups in total. The standard InChI is InChI=1S/C20H27ClN4O2/c1-12-23-17-18(16(21)9-15(20(22)26)19(17)27-2)25(12)14-5-3-4-8-24(11-14)10-13-6-7-13/h9,13-14H,3-8,10-11H2,1-2H3,(H2,22,26). The number of carbonyl (C=O) groups is 1. The monoisotopic (exact) mass is 390 g/mol. The predicted octanol–water partition coefficient (Wildman–Crippen LogP) is 3.54. The number of primary amides is 1. The van der Waals surface area contributed by atoms with E-state index < -0.39 is 5.91 Å². The highest BCUT2D eigenvalue weighted by atomic mass is 35.5. The molecular formula is C20H27ClN4O2. The molecule has 2 heterocycles. The molecule has 1 aromatic heterocycles. The highest BCUT2D eigenvalue weighted by Gasteiger charge is 2.30. The Bertz CT molecular complexity index is 875. The van der Waals surface area contributed by atoms with Gasteiger partial charge in [-0.3, -0.25) is 4.79 Å². The summed E-state index contributed by atoms with van der Waals surface area (Å²) in [5, 5.41) is 0.498. The van der Waals surface area contributed by atoms with E-state index in [2.05, 4.69) is 9.47 Å². The van der Waals surface area contributed by atoms with Crippen LogP contribution in [0.5, 0.6) is 5.75 Å². The van der Waals surface area contributed by atoms with Gasteiger partial charge in [0.1, 0.15) is 11.3 Å². The second-order valence-corrected chi connectivity index (χ2v) is 8.29. The van der Waals surface area contributed by atoms with E-state index in [1.54, 1.807) is 6.07 Å². The van der Waals surface area contributed by atoms with Crippen molar-refractivity contribution in [2.75, 3.05) is 26.7 Å². The molecular weight excluding hydrogens is 364 g/mol. The number of methoxy groups -OCH3 is 1. The number of nitrogens with two attached hydrogens (primary N) is 1. The largest absolute Gasteiger partial charge is 0.494 e. The molecule has 2 fully saturated rings. The molecule has 1 saturated carbocycles. The highest BCUT2D eigenvalue weighted by Crippen LogP contribution is 2.39. The Kier molecular flexibility index (Phi) is 5.03. The minimum atomic E-state index is -0.562. The summed E-state index contributed by atoms with van der Waals surface area (Å²) in [4.78, 5) is 19.1. The minimum Gasteiger partial charge on any atom is -0.494 e. The van der Waals surface area contributed by atoms with Gasteiger partial charge in [-0.15, -0.1) is 0 Å². The third kappa shape index (κ3) is 3.52. The first kappa shape index (κ1) is 18.6. The first-order chi connectivity index (χ1) is 13.0. The molecule has 6 nitrogen and oxygen atoms in total. The normalized spacial score (nSPS) is 21.4. The van der Waals surface area contributed by atoms with Gasteiger partial charge in [-0.2, -0.15) is 0 Å². The molecule has 27 heavy (non-hydrogen) atoms. The molecule has 2 aromatic rings. The molecule has 1 saturated heterocycles.